The molecule has 0 amide bonds. The van der Waals surface area contributed by atoms with Crippen molar-refractivity contribution in [2.45, 2.75) is 0 Å². The normalized spacial score (nSPS) is 12.0. The SMILES string of the molecule is [C-]#[N+]c1ccc(-n2c3ccc(-n4c5ccccc5c5ccccc54)cc3c3cc(-n4c5ccccc5c5ccccc54)ccc32)c(-c2cc(-c3nc(-c4ccccc4)nc(-c4ccccc4)n3)ccc2-n2c3ccc(-n4c5ccccc5c5ccccc54)cc3c3cc(-n4c5ccccc5c5ccccc54)ccc32)c1. The lowest BCUT2D eigenvalue weighted by Crippen LogP contribution is -2.04. The molecule has 7 heterocycles. The lowest BCUT2D eigenvalue weighted by atomic mass is 9.97. The highest BCUT2D eigenvalue weighted by Crippen LogP contribution is 2.48. The highest BCUT2D eigenvalue weighted by Gasteiger charge is 2.27. The summed E-state index contributed by atoms with van der Waals surface area (Å²) in [6.07, 6.45) is 0. The van der Waals surface area contributed by atoms with Crippen LogP contribution in [-0.4, -0.2) is 42.4 Å². The van der Waals surface area contributed by atoms with Crippen LogP contribution in [-0.2, 0) is 0 Å². The van der Waals surface area contributed by atoms with Gasteiger partial charge in [-0.05, 0) is 157 Å². The second-order valence-electron chi connectivity index (χ2n) is 28.5. The Labute approximate surface area is 629 Å². The summed E-state index contributed by atoms with van der Waals surface area (Å²) in [4.78, 5) is 20.3. The molecule has 0 spiro atoms. The van der Waals surface area contributed by atoms with E-state index >= 15 is 0 Å². The molecule has 0 atom stereocenters. The van der Waals surface area contributed by atoms with Gasteiger partial charge in [-0.25, -0.2) is 19.8 Å². The molecular formula is C100H60N10. The molecule has 0 bridgehead atoms. The van der Waals surface area contributed by atoms with Gasteiger partial charge in [0.2, 0.25) is 0 Å². The molecule has 16 aromatic carbocycles. The third kappa shape index (κ3) is 9.13. The average Bonchev–Trinajstić information content (AvgIpc) is 1.55. The summed E-state index contributed by atoms with van der Waals surface area (Å²) >= 11 is 0. The zero-order valence-electron chi connectivity index (χ0n) is 59.1. The molecule has 0 aliphatic carbocycles. The van der Waals surface area contributed by atoms with Gasteiger partial charge in [-0.3, -0.25) is 0 Å². The van der Waals surface area contributed by atoms with E-state index in [1.54, 1.807) is 0 Å². The van der Waals surface area contributed by atoms with Gasteiger partial charge in [-0.15, -0.1) is 0 Å². The number of benzene rings is 16. The number of nitrogens with zero attached hydrogens (tertiary/aromatic N) is 10. The molecule has 0 saturated carbocycles. The highest BCUT2D eigenvalue weighted by atomic mass is 15.1. The van der Waals surface area contributed by atoms with Crippen molar-refractivity contribution in [3.05, 3.63) is 375 Å². The van der Waals surface area contributed by atoms with Gasteiger partial charge in [0.15, 0.2) is 23.2 Å². The topological polar surface area (TPSA) is 72.6 Å². The smallest absolute Gasteiger partial charge is 0.188 e. The fourth-order valence-electron chi connectivity index (χ4n) is 17.9. The van der Waals surface area contributed by atoms with Crippen molar-refractivity contribution in [2.24, 2.45) is 0 Å². The van der Waals surface area contributed by atoms with Crippen LogP contribution in [0.15, 0.2) is 364 Å². The first kappa shape index (κ1) is 61.2. The summed E-state index contributed by atoms with van der Waals surface area (Å²) in [5.74, 6) is 1.62. The molecule has 23 aromatic rings. The Hall–Kier alpha value is -15.2. The van der Waals surface area contributed by atoms with Crippen LogP contribution in [0.5, 0.6) is 0 Å². The van der Waals surface area contributed by atoms with E-state index in [1.807, 2.05) is 42.5 Å². The minimum Gasteiger partial charge on any atom is -0.309 e. The van der Waals surface area contributed by atoms with Crippen molar-refractivity contribution in [2.75, 3.05) is 0 Å². The third-order valence-electron chi connectivity index (χ3n) is 22.7. The maximum Gasteiger partial charge on any atom is 0.188 e. The maximum absolute atomic E-state index is 8.96. The predicted octanol–water partition coefficient (Wildman–Crippen LogP) is 25.7. The monoisotopic (exact) mass is 1400 g/mol. The molecule has 0 aliphatic heterocycles. The second-order valence-corrected chi connectivity index (χ2v) is 28.5. The minimum absolute atomic E-state index is 0.495. The van der Waals surface area contributed by atoms with E-state index in [1.165, 1.54) is 43.1 Å². The Kier molecular flexibility index (Phi) is 13.3. The van der Waals surface area contributed by atoms with Gasteiger partial charge < -0.3 is 27.4 Å². The lowest BCUT2D eigenvalue weighted by Gasteiger charge is -2.20. The highest BCUT2D eigenvalue weighted by molar-refractivity contribution is 6.17. The van der Waals surface area contributed by atoms with Crippen molar-refractivity contribution in [3.63, 3.8) is 0 Å². The van der Waals surface area contributed by atoms with Crippen LogP contribution in [0.1, 0.15) is 0 Å². The number of hydrogen-bond donors (Lipinski definition) is 0. The van der Waals surface area contributed by atoms with Gasteiger partial charge in [-0.2, -0.15) is 0 Å². The van der Waals surface area contributed by atoms with E-state index in [0.29, 0.717) is 23.2 Å². The molecule has 10 nitrogen and oxygen atoms in total. The summed E-state index contributed by atoms with van der Waals surface area (Å²) in [5.41, 5.74) is 23.8. The van der Waals surface area contributed by atoms with E-state index in [2.05, 4.69) is 354 Å². The first-order valence-corrected chi connectivity index (χ1v) is 37.2. The standard InChI is InChI=1S/C100H60N10/c1-101-65-45-51-93(110-96-54-48-68(107-88-40-20-12-32-74(88)75-33-13-21-41-89(75)107)60-82(96)83-61-69(49-55-97(83)110)108-90-42-22-14-34-76(90)77-35-15-23-43-91(77)108)79(57-65)78-56-64(100-103-98(62-24-4-2-5-25-62)102-99(104-100)63-26-6-3-7-27-63)44-50-92(78)109-94-52-46-66(105-84-36-16-8-28-70(84)71-29-9-17-37-85(71)105)58-80(94)81-59-67(47-53-95(81)109)106-86-38-18-10-30-72(86)73-31-11-19-39-87(73)106/h2-61H. The number of para-hydroxylation sites is 8. The fourth-order valence-corrected chi connectivity index (χ4v) is 17.9. The fraction of sp³-hybridized carbons (Fsp3) is 0. The zero-order chi connectivity index (χ0) is 72.2. The Morgan fingerprint density at radius 1 is 0.191 bits per heavy atom. The van der Waals surface area contributed by atoms with Crippen molar-refractivity contribution >= 4 is 137 Å². The first-order chi connectivity index (χ1) is 54.5. The summed E-state index contributed by atoms with van der Waals surface area (Å²) in [7, 11) is 0. The molecule has 0 fully saturated rings. The third-order valence-corrected chi connectivity index (χ3v) is 22.7. The van der Waals surface area contributed by atoms with Crippen molar-refractivity contribution < 1.29 is 0 Å². The van der Waals surface area contributed by atoms with Crippen LogP contribution >= 0.6 is 0 Å². The molecule has 0 N–H and O–H groups in total. The molecule has 110 heavy (non-hydrogen) atoms. The maximum atomic E-state index is 8.96. The Bertz CT molecular complexity index is 7250. The average molecular weight is 1400 g/mol. The quantitative estimate of drug-likeness (QED) is 0.128. The van der Waals surface area contributed by atoms with Crippen LogP contribution in [0.25, 0.3) is 215 Å². The molecule has 0 unspecified atom stereocenters. The first-order valence-electron chi connectivity index (χ1n) is 37.2. The van der Waals surface area contributed by atoms with Crippen LogP contribution in [0.2, 0.25) is 0 Å². The molecule has 23 rings (SSSR count). The Morgan fingerprint density at radius 2 is 0.436 bits per heavy atom. The van der Waals surface area contributed by atoms with Crippen LogP contribution in [0.4, 0.5) is 5.69 Å². The van der Waals surface area contributed by atoms with E-state index in [9.17, 15) is 0 Å². The summed E-state index contributed by atoms with van der Waals surface area (Å²) in [5, 5.41) is 13.9. The van der Waals surface area contributed by atoms with Crippen LogP contribution in [0.3, 0.4) is 0 Å². The van der Waals surface area contributed by atoms with E-state index < -0.39 is 0 Å². The number of hydrogen-bond acceptors (Lipinski definition) is 3. The molecule has 10 heteroatoms. The number of fused-ring (bicyclic) bond motifs is 18. The van der Waals surface area contributed by atoms with Crippen molar-refractivity contribution in [1.29, 1.82) is 0 Å². The molecule has 0 aliphatic rings. The summed E-state index contributed by atoms with van der Waals surface area (Å²) in [6, 6.07) is 131. The van der Waals surface area contributed by atoms with Gasteiger partial charge in [0.1, 0.15) is 0 Å². The van der Waals surface area contributed by atoms with Crippen molar-refractivity contribution in [1.82, 2.24) is 42.4 Å². The molecule has 7 aromatic heterocycles. The minimum atomic E-state index is 0.495. The van der Waals surface area contributed by atoms with Gasteiger partial charge in [-0.1, -0.05) is 212 Å². The second kappa shape index (κ2) is 23.9. The van der Waals surface area contributed by atoms with Crippen LogP contribution in [0, 0.1) is 6.57 Å². The van der Waals surface area contributed by atoms with E-state index in [0.717, 1.165) is 150 Å². The van der Waals surface area contributed by atoms with Gasteiger partial charge in [0.25, 0.3) is 0 Å². The van der Waals surface area contributed by atoms with Gasteiger partial charge >= 0.3 is 0 Å². The zero-order valence-corrected chi connectivity index (χ0v) is 59.1. The number of rotatable bonds is 10. The number of aromatic nitrogens is 9. The largest absolute Gasteiger partial charge is 0.309 e. The van der Waals surface area contributed by atoms with Crippen LogP contribution < -0.4 is 0 Å². The Balaban J connectivity index is 0.826. The molecular weight excluding hydrogens is 1340 g/mol. The van der Waals surface area contributed by atoms with Crippen molar-refractivity contribution in [3.8, 4) is 79.4 Å². The summed E-state index contributed by atoms with van der Waals surface area (Å²) in [6.45, 7) is 8.96. The van der Waals surface area contributed by atoms with E-state index in [-0.39, 0.29) is 0 Å². The lowest BCUT2D eigenvalue weighted by molar-refractivity contribution is 1.07. The van der Waals surface area contributed by atoms with Gasteiger partial charge in [0.05, 0.1) is 84.1 Å². The Morgan fingerprint density at radius 3 is 0.727 bits per heavy atom. The molecule has 510 valence electrons. The molecule has 0 radical (unpaired) electrons. The van der Waals surface area contributed by atoms with E-state index in [4.69, 9.17) is 21.5 Å². The predicted molar refractivity (Wildman–Crippen MR) is 454 cm³/mol. The van der Waals surface area contributed by atoms with Gasteiger partial charge in [0, 0.05) is 110 Å². The summed E-state index contributed by atoms with van der Waals surface area (Å²) < 4.78 is 14.5. The molecule has 0 saturated heterocycles.